The van der Waals surface area contributed by atoms with Gasteiger partial charge in [-0.25, -0.2) is 9.78 Å². The molecule has 3 heterocycles. The Balaban J connectivity index is 1.48. The van der Waals surface area contributed by atoms with E-state index in [1.54, 1.807) is 11.0 Å². The molecule has 6 heteroatoms. The normalized spacial score (nSPS) is 13.1. The number of pyridine rings is 1. The first-order valence-corrected chi connectivity index (χ1v) is 8.14. The van der Waals surface area contributed by atoms with Crippen molar-refractivity contribution in [3.05, 3.63) is 65.7 Å². The predicted molar refractivity (Wildman–Crippen MR) is 92.7 cm³/mol. The fraction of sp³-hybridized carbons (Fsp3) is 0.211. The summed E-state index contributed by atoms with van der Waals surface area (Å²) in [7, 11) is 0. The van der Waals surface area contributed by atoms with Crippen molar-refractivity contribution in [2.45, 2.75) is 13.3 Å². The van der Waals surface area contributed by atoms with Crippen LogP contribution in [-0.4, -0.2) is 34.4 Å². The molecule has 25 heavy (non-hydrogen) atoms. The van der Waals surface area contributed by atoms with Crippen LogP contribution in [0.15, 0.2) is 48.7 Å². The van der Waals surface area contributed by atoms with Gasteiger partial charge in [0.05, 0.1) is 5.52 Å². The van der Waals surface area contributed by atoms with Crippen molar-refractivity contribution in [1.29, 1.82) is 0 Å². The summed E-state index contributed by atoms with van der Waals surface area (Å²) < 4.78 is 7.05. The van der Waals surface area contributed by atoms with E-state index in [1.165, 1.54) is 0 Å². The van der Waals surface area contributed by atoms with Gasteiger partial charge in [-0.2, -0.15) is 0 Å². The lowest BCUT2D eigenvalue weighted by Gasteiger charge is -2.16. The first-order valence-electron chi connectivity index (χ1n) is 8.14. The second kappa shape index (κ2) is 6.05. The third kappa shape index (κ3) is 2.65. The minimum absolute atomic E-state index is 0.224. The molecule has 2 aromatic heterocycles. The van der Waals surface area contributed by atoms with Crippen molar-refractivity contribution in [3.8, 4) is 0 Å². The summed E-state index contributed by atoms with van der Waals surface area (Å²) in [5.74, 6) is -0.112. The van der Waals surface area contributed by atoms with Crippen LogP contribution in [0.25, 0.3) is 5.52 Å². The smallest absolute Gasteiger partial charge is 0.359 e. The SMILES string of the molecule is Cc1nc(C(=O)OCC(=O)N2CCc3ccccc32)c2ccccn12. The summed E-state index contributed by atoms with van der Waals surface area (Å²) in [5, 5.41) is 0. The van der Waals surface area contributed by atoms with Crippen molar-refractivity contribution in [1.82, 2.24) is 9.38 Å². The molecule has 0 radical (unpaired) electrons. The first kappa shape index (κ1) is 15.4. The van der Waals surface area contributed by atoms with E-state index in [-0.39, 0.29) is 18.2 Å². The lowest BCUT2D eigenvalue weighted by molar-refractivity contribution is -0.121. The van der Waals surface area contributed by atoms with Gasteiger partial charge in [0.25, 0.3) is 5.91 Å². The van der Waals surface area contributed by atoms with E-state index in [0.29, 0.717) is 17.9 Å². The molecule has 0 saturated carbocycles. The van der Waals surface area contributed by atoms with Gasteiger partial charge in [0.2, 0.25) is 0 Å². The van der Waals surface area contributed by atoms with Crippen LogP contribution in [0.3, 0.4) is 0 Å². The molecule has 0 fully saturated rings. The summed E-state index contributed by atoms with van der Waals surface area (Å²) in [6.45, 7) is 2.14. The highest BCUT2D eigenvalue weighted by Gasteiger charge is 2.25. The Hall–Kier alpha value is -3.15. The van der Waals surface area contributed by atoms with Gasteiger partial charge in [-0.3, -0.25) is 4.79 Å². The zero-order valence-corrected chi connectivity index (χ0v) is 13.8. The Labute approximate surface area is 144 Å². The molecule has 6 nitrogen and oxygen atoms in total. The number of carbonyl (C=O) groups excluding carboxylic acids is 2. The fourth-order valence-corrected chi connectivity index (χ4v) is 3.21. The molecule has 3 aromatic rings. The van der Waals surface area contributed by atoms with Crippen LogP contribution in [0.2, 0.25) is 0 Å². The number of anilines is 1. The first-order chi connectivity index (χ1) is 12.1. The third-order valence-corrected chi connectivity index (χ3v) is 4.43. The fourth-order valence-electron chi connectivity index (χ4n) is 3.21. The van der Waals surface area contributed by atoms with Gasteiger partial charge in [0, 0.05) is 18.4 Å². The van der Waals surface area contributed by atoms with Crippen molar-refractivity contribution in [2.24, 2.45) is 0 Å². The molecule has 1 aromatic carbocycles. The molecule has 0 unspecified atom stereocenters. The third-order valence-electron chi connectivity index (χ3n) is 4.43. The van der Waals surface area contributed by atoms with Crippen LogP contribution >= 0.6 is 0 Å². The van der Waals surface area contributed by atoms with Gasteiger partial charge < -0.3 is 14.0 Å². The molecule has 0 bridgehead atoms. The number of imidazole rings is 1. The number of aromatic nitrogens is 2. The van der Waals surface area contributed by atoms with Crippen LogP contribution in [0.5, 0.6) is 0 Å². The molecule has 0 saturated heterocycles. The molecule has 1 aliphatic heterocycles. The Kier molecular flexibility index (Phi) is 3.72. The minimum atomic E-state index is -0.586. The number of ether oxygens (including phenoxy) is 1. The van der Waals surface area contributed by atoms with Crippen LogP contribution < -0.4 is 4.90 Å². The van der Waals surface area contributed by atoms with E-state index >= 15 is 0 Å². The zero-order valence-electron chi connectivity index (χ0n) is 13.8. The average molecular weight is 335 g/mol. The van der Waals surface area contributed by atoms with Crippen molar-refractivity contribution >= 4 is 23.1 Å². The topological polar surface area (TPSA) is 63.9 Å². The zero-order chi connectivity index (χ0) is 17.4. The number of amides is 1. The molecule has 0 spiro atoms. The van der Waals surface area contributed by atoms with E-state index in [9.17, 15) is 9.59 Å². The number of rotatable bonds is 3. The summed E-state index contributed by atoms with van der Waals surface area (Å²) in [6, 6.07) is 13.3. The number of hydrogen-bond donors (Lipinski definition) is 0. The van der Waals surface area contributed by atoms with Gasteiger partial charge in [-0.05, 0) is 37.1 Å². The summed E-state index contributed by atoms with van der Waals surface area (Å²) >= 11 is 0. The van der Waals surface area contributed by atoms with Gasteiger partial charge in [0.1, 0.15) is 5.82 Å². The molecule has 126 valence electrons. The monoisotopic (exact) mass is 335 g/mol. The van der Waals surface area contributed by atoms with E-state index in [4.69, 9.17) is 4.74 Å². The molecular formula is C19H17N3O3. The number of carbonyl (C=O) groups is 2. The highest BCUT2D eigenvalue weighted by atomic mass is 16.5. The lowest BCUT2D eigenvalue weighted by Crippen LogP contribution is -2.33. The number of nitrogens with zero attached hydrogens (tertiary/aromatic N) is 3. The summed E-state index contributed by atoms with van der Waals surface area (Å²) in [6.07, 6.45) is 2.65. The molecule has 4 rings (SSSR count). The van der Waals surface area contributed by atoms with Crippen LogP contribution in [0, 0.1) is 6.92 Å². The Morgan fingerprint density at radius 1 is 1.16 bits per heavy atom. The number of esters is 1. The standard InChI is InChI=1S/C19H17N3O3/c1-13-20-18(16-8-4-5-10-21(13)16)19(24)25-12-17(23)22-11-9-14-6-2-3-7-15(14)22/h2-8,10H,9,11-12H2,1H3. The highest BCUT2D eigenvalue weighted by molar-refractivity contribution is 6.00. The maximum absolute atomic E-state index is 12.4. The number of aryl methyl sites for hydroxylation is 1. The van der Waals surface area contributed by atoms with Crippen LogP contribution in [0.1, 0.15) is 21.9 Å². The predicted octanol–water partition coefficient (Wildman–Crippen LogP) is 2.39. The van der Waals surface area contributed by atoms with Crippen LogP contribution in [-0.2, 0) is 16.0 Å². The maximum atomic E-state index is 12.4. The second-order valence-electron chi connectivity index (χ2n) is 5.96. The summed E-state index contributed by atoms with van der Waals surface area (Å²) in [5.41, 5.74) is 2.93. The lowest BCUT2D eigenvalue weighted by atomic mass is 10.2. The quantitative estimate of drug-likeness (QED) is 0.690. The molecule has 1 aliphatic rings. The van der Waals surface area contributed by atoms with Crippen LogP contribution in [0.4, 0.5) is 5.69 Å². The highest BCUT2D eigenvalue weighted by Crippen LogP contribution is 2.27. The molecular weight excluding hydrogens is 318 g/mol. The van der Waals surface area contributed by atoms with Gasteiger partial charge in [0.15, 0.2) is 12.3 Å². The van der Waals surface area contributed by atoms with E-state index in [2.05, 4.69) is 4.98 Å². The summed E-state index contributed by atoms with van der Waals surface area (Å²) in [4.78, 5) is 30.7. The minimum Gasteiger partial charge on any atom is -0.451 e. The largest absolute Gasteiger partial charge is 0.451 e. The van der Waals surface area contributed by atoms with Crippen molar-refractivity contribution < 1.29 is 14.3 Å². The Bertz CT molecular complexity index is 977. The van der Waals surface area contributed by atoms with Gasteiger partial charge in [-0.1, -0.05) is 24.3 Å². The van der Waals surface area contributed by atoms with E-state index < -0.39 is 5.97 Å². The van der Waals surface area contributed by atoms with Gasteiger partial charge >= 0.3 is 5.97 Å². The Morgan fingerprint density at radius 3 is 2.84 bits per heavy atom. The average Bonchev–Trinajstić information content (AvgIpc) is 3.21. The number of para-hydroxylation sites is 1. The van der Waals surface area contributed by atoms with E-state index in [1.807, 2.05) is 53.9 Å². The van der Waals surface area contributed by atoms with E-state index in [0.717, 1.165) is 17.7 Å². The molecule has 0 aliphatic carbocycles. The second-order valence-corrected chi connectivity index (χ2v) is 5.96. The van der Waals surface area contributed by atoms with Gasteiger partial charge in [-0.15, -0.1) is 0 Å². The Morgan fingerprint density at radius 2 is 1.96 bits per heavy atom. The van der Waals surface area contributed by atoms with Crippen molar-refractivity contribution in [2.75, 3.05) is 18.1 Å². The number of benzene rings is 1. The number of fused-ring (bicyclic) bond motifs is 2. The van der Waals surface area contributed by atoms with Crippen molar-refractivity contribution in [3.63, 3.8) is 0 Å². The molecule has 0 atom stereocenters. The molecule has 0 N–H and O–H groups in total. The maximum Gasteiger partial charge on any atom is 0.359 e. The number of hydrogen-bond acceptors (Lipinski definition) is 4. The molecule has 1 amide bonds.